The second kappa shape index (κ2) is 10.8. The summed E-state index contributed by atoms with van der Waals surface area (Å²) in [7, 11) is 0. The average Bonchev–Trinajstić information content (AvgIpc) is 2.55. The minimum absolute atomic E-state index is 0.00630. The van der Waals surface area contributed by atoms with Crippen LogP contribution < -0.4 is 5.32 Å². The van der Waals surface area contributed by atoms with Gasteiger partial charge in [0.2, 0.25) is 5.91 Å². The Bertz CT molecular complexity index is 648. The van der Waals surface area contributed by atoms with Gasteiger partial charge < -0.3 is 25.8 Å². The van der Waals surface area contributed by atoms with Crippen molar-refractivity contribution in [3.63, 3.8) is 0 Å². The first-order valence-corrected chi connectivity index (χ1v) is 10.0. The molecule has 0 unspecified atom stereocenters. The zero-order valence-corrected chi connectivity index (χ0v) is 18.5. The van der Waals surface area contributed by atoms with E-state index in [-0.39, 0.29) is 25.7 Å². The summed E-state index contributed by atoms with van der Waals surface area (Å²) in [5, 5.41) is 41.5. The van der Waals surface area contributed by atoms with Gasteiger partial charge in [-0.05, 0) is 40.5 Å². The summed E-state index contributed by atoms with van der Waals surface area (Å²) in [6.45, 7) is 5.73. The van der Waals surface area contributed by atoms with Gasteiger partial charge in [0.05, 0.1) is 26.2 Å². The van der Waals surface area contributed by atoms with Gasteiger partial charge in [-0.25, -0.2) is 0 Å². The van der Waals surface area contributed by atoms with Gasteiger partial charge in [0, 0.05) is 30.2 Å². The molecule has 1 fully saturated rings. The number of aliphatic carboxylic acids is 3. The SMILES string of the molecule is CC1(C)CC(NC(=O)CN(CCN(CC(=O)O)CC(=O)O)CC(=O)O)CC(C)(C)N1O. The van der Waals surface area contributed by atoms with Crippen molar-refractivity contribution >= 4 is 23.8 Å². The number of nitrogens with zero attached hydrogens (tertiary/aromatic N) is 3. The molecule has 0 aromatic rings. The molecule has 5 N–H and O–H groups in total. The van der Waals surface area contributed by atoms with E-state index in [4.69, 9.17) is 15.3 Å². The highest BCUT2D eigenvalue weighted by Gasteiger charge is 2.45. The number of carbonyl (C=O) groups is 4. The van der Waals surface area contributed by atoms with Crippen LogP contribution in [0.1, 0.15) is 40.5 Å². The van der Waals surface area contributed by atoms with Crippen molar-refractivity contribution < 1.29 is 39.7 Å². The molecule has 0 radical (unpaired) electrons. The van der Waals surface area contributed by atoms with Crippen LogP contribution in [-0.2, 0) is 19.2 Å². The summed E-state index contributed by atoms with van der Waals surface area (Å²) < 4.78 is 0. The van der Waals surface area contributed by atoms with Crippen LogP contribution in [0, 0.1) is 0 Å². The normalized spacial score (nSPS) is 18.8. The minimum Gasteiger partial charge on any atom is -0.480 e. The Hall–Kier alpha value is -2.28. The third-order valence-corrected chi connectivity index (χ3v) is 5.18. The summed E-state index contributed by atoms with van der Waals surface area (Å²) in [4.78, 5) is 48.1. The van der Waals surface area contributed by atoms with Gasteiger partial charge in [0.1, 0.15) is 0 Å². The maximum Gasteiger partial charge on any atom is 0.317 e. The highest BCUT2D eigenvalue weighted by Crippen LogP contribution is 2.36. The zero-order valence-electron chi connectivity index (χ0n) is 18.5. The molecular formula is C19H34N4O8. The quantitative estimate of drug-likeness (QED) is 0.258. The first-order chi connectivity index (χ1) is 14.1. The van der Waals surface area contributed by atoms with E-state index in [0.29, 0.717) is 12.8 Å². The van der Waals surface area contributed by atoms with Crippen LogP contribution in [0.2, 0.25) is 0 Å². The third kappa shape index (κ3) is 9.17. The lowest BCUT2D eigenvalue weighted by Gasteiger charge is -2.51. The van der Waals surface area contributed by atoms with Crippen molar-refractivity contribution in [2.45, 2.75) is 57.7 Å². The predicted molar refractivity (Wildman–Crippen MR) is 109 cm³/mol. The first-order valence-electron chi connectivity index (χ1n) is 10.0. The van der Waals surface area contributed by atoms with E-state index >= 15 is 0 Å². The van der Waals surface area contributed by atoms with E-state index in [1.807, 2.05) is 27.7 Å². The number of carbonyl (C=O) groups excluding carboxylic acids is 1. The van der Waals surface area contributed by atoms with Gasteiger partial charge in [-0.3, -0.25) is 29.0 Å². The molecule has 1 saturated heterocycles. The fraction of sp³-hybridized carbons (Fsp3) is 0.789. The molecule has 0 atom stereocenters. The zero-order chi connectivity index (χ0) is 24.0. The first kappa shape index (κ1) is 26.8. The smallest absolute Gasteiger partial charge is 0.317 e. The number of hydrogen-bond donors (Lipinski definition) is 5. The van der Waals surface area contributed by atoms with E-state index in [9.17, 15) is 24.4 Å². The monoisotopic (exact) mass is 446 g/mol. The van der Waals surface area contributed by atoms with Crippen molar-refractivity contribution in [2.24, 2.45) is 0 Å². The maximum absolute atomic E-state index is 12.6. The van der Waals surface area contributed by atoms with Gasteiger partial charge >= 0.3 is 17.9 Å². The van der Waals surface area contributed by atoms with Crippen LogP contribution in [0.5, 0.6) is 0 Å². The number of carboxylic acids is 3. The lowest BCUT2D eigenvalue weighted by atomic mass is 9.79. The Labute approximate surface area is 181 Å². The molecule has 12 nitrogen and oxygen atoms in total. The molecule has 1 rings (SSSR count). The third-order valence-electron chi connectivity index (χ3n) is 5.18. The Kier molecular flexibility index (Phi) is 9.36. The predicted octanol–water partition coefficient (Wildman–Crippen LogP) is -0.629. The van der Waals surface area contributed by atoms with E-state index in [1.54, 1.807) is 0 Å². The van der Waals surface area contributed by atoms with Gasteiger partial charge in [0.15, 0.2) is 0 Å². The summed E-state index contributed by atoms with van der Waals surface area (Å²) >= 11 is 0. The van der Waals surface area contributed by atoms with Gasteiger partial charge in [-0.2, -0.15) is 5.06 Å². The number of rotatable bonds is 12. The lowest BCUT2D eigenvalue weighted by molar-refractivity contribution is -0.246. The molecule has 1 aliphatic heterocycles. The van der Waals surface area contributed by atoms with Crippen LogP contribution in [0.15, 0.2) is 0 Å². The molecule has 1 heterocycles. The largest absolute Gasteiger partial charge is 0.480 e. The lowest BCUT2D eigenvalue weighted by Crippen LogP contribution is -2.63. The van der Waals surface area contributed by atoms with Crippen LogP contribution in [0.3, 0.4) is 0 Å². The summed E-state index contributed by atoms with van der Waals surface area (Å²) in [5.41, 5.74) is -1.12. The summed E-state index contributed by atoms with van der Waals surface area (Å²) in [5.74, 6) is -3.97. The van der Waals surface area contributed by atoms with E-state index < -0.39 is 54.5 Å². The number of hydroxylamine groups is 2. The number of hydrogen-bond acceptors (Lipinski definition) is 8. The topological polar surface area (TPSA) is 171 Å². The highest BCUT2D eigenvalue weighted by atomic mass is 16.5. The molecule has 0 saturated carbocycles. The van der Waals surface area contributed by atoms with Crippen LogP contribution in [0.4, 0.5) is 0 Å². The second-order valence-electron chi connectivity index (χ2n) is 9.21. The van der Waals surface area contributed by atoms with E-state index in [1.165, 1.54) is 9.96 Å². The van der Waals surface area contributed by atoms with Crippen molar-refractivity contribution in [3.8, 4) is 0 Å². The van der Waals surface area contributed by atoms with Gasteiger partial charge in [-0.1, -0.05) is 0 Å². The molecule has 31 heavy (non-hydrogen) atoms. The van der Waals surface area contributed by atoms with Crippen molar-refractivity contribution in [2.75, 3.05) is 39.3 Å². The van der Waals surface area contributed by atoms with Crippen LogP contribution in [0.25, 0.3) is 0 Å². The average molecular weight is 447 g/mol. The van der Waals surface area contributed by atoms with Crippen molar-refractivity contribution in [1.29, 1.82) is 0 Å². The number of nitrogens with one attached hydrogen (secondary N) is 1. The highest BCUT2D eigenvalue weighted by molar-refractivity contribution is 5.79. The van der Waals surface area contributed by atoms with Crippen LogP contribution >= 0.6 is 0 Å². The molecule has 1 aliphatic rings. The number of amides is 1. The Morgan fingerprint density at radius 1 is 0.806 bits per heavy atom. The molecule has 178 valence electrons. The fourth-order valence-electron chi connectivity index (χ4n) is 4.13. The summed E-state index contributed by atoms with van der Waals surface area (Å²) in [6, 6.07) is -0.219. The molecular weight excluding hydrogens is 412 g/mol. The second-order valence-corrected chi connectivity index (χ2v) is 9.21. The van der Waals surface area contributed by atoms with Crippen molar-refractivity contribution in [1.82, 2.24) is 20.2 Å². The molecule has 12 heteroatoms. The molecule has 0 bridgehead atoms. The van der Waals surface area contributed by atoms with Crippen LogP contribution in [-0.4, -0.2) is 116 Å². The Morgan fingerprint density at radius 2 is 1.16 bits per heavy atom. The molecule has 0 spiro atoms. The maximum atomic E-state index is 12.6. The van der Waals surface area contributed by atoms with Gasteiger partial charge in [0.25, 0.3) is 0 Å². The molecule has 0 aromatic carbocycles. The molecule has 0 aromatic heterocycles. The van der Waals surface area contributed by atoms with E-state index in [0.717, 1.165) is 4.90 Å². The summed E-state index contributed by atoms with van der Waals surface area (Å²) in [6.07, 6.45) is 1.01. The Morgan fingerprint density at radius 3 is 1.52 bits per heavy atom. The number of piperidine rings is 1. The molecule has 0 aliphatic carbocycles. The fourth-order valence-corrected chi connectivity index (χ4v) is 4.13. The number of carboxylic acid groups (broad SMARTS) is 3. The molecule has 1 amide bonds. The van der Waals surface area contributed by atoms with E-state index in [2.05, 4.69) is 5.32 Å². The Balaban J connectivity index is 2.74. The van der Waals surface area contributed by atoms with Crippen molar-refractivity contribution in [3.05, 3.63) is 0 Å². The standard InChI is InChI=1S/C19H34N4O8/c1-18(2)7-13(8-19(3,4)23(18)31)20-14(24)9-21(10-15(25)26)5-6-22(11-16(27)28)12-17(29)30/h13,31H,5-12H2,1-4H3,(H,20,24)(H,25,26)(H,27,28)(H,29,30). The minimum atomic E-state index is -1.20. The van der Waals surface area contributed by atoms with Gasteiger partial charge in [-0.15, -0.1) is 0 Å².